The maximum atomic E-state index is 13.3. The highest BCUT2D eigenvalue weighted by molar-refractivity contribution is 6.46. The SMILES string of the molecule is CCCOc1ccc(C(O)=C2C(=O)C(=O)N(Cc3ccccc3)C2c2ccc(C(C)(C)C)cc2)cc1. The first-order valence-corrected chi connectivity index (χ1v) is 12.4. The lowest BCUT2D eigenvalue weighted by Crippen LogP contribution is -2.29. The van der Waals surface area contributed by atoms with Crippen molar-refractivity contribution in [2.45, 2.75) is 52.1 Å². The molecule has 1 aliphatic heterocycles. The monoisotopic (exact) mass is 483 g/mol. The summed E-state index contributed by atoms with van der Waals surface area (Å²) in [5.74, 6) is -0.795. The summed E-state index contributed by atoms with van der Waals surface area (Å²) in [5.41, 5.74) is 3.37. The summed E-state index contributed by atoms with van der Waals surface area (Å²) in [6.07, 6.45) is 0.889. The average Bonchev–Trinajstić information content (AvgIpc) is 3.12. The standard InChI is InChI=1S/C31H33NO4/c1-5-19-36-25-17-13-23(14-18-25)28(33)26-27(22-11-15-24(16-12-22)31(2,3)4)32(30(35)29(26)34)20-21-9-7-6-8-10-21/h6-18,27,33H,5,19-20H2,1-4H3. The average molecular weight is 484 g/mol. The van der Waals surface area contributed by atoms with Crippen molar-refractivity contribution in [2.24, 2.45) is 0 Å². The van der Waals surface area contributed by atoms with Crippen molar-refractivity contribution in [3.63, 3.8) is 0 Å². The quantitative estimate of drug-likeness (QED) is 0.240. The molecule has 0 aromatic heterocycles. The van der Waals surface area contributed by atoms with Crippen LogP contribution in [0.3, 0.4) is 0 Å². The van der Waals surface area contributed by atoms with Gasteiger partial charge in [-0.15, -0.1) is 0 Å². The second-order valence-electron chi connectivity index (χ2n) is 10.2. The van der Waals surface area contributed by atoms with Gasteiger partial charge in [-0.25, -0.2) is 0 Å². The lowest BCUT2D eigenvalue weighted by Gasteiger charge is -2.26. The summed E-state index contributed by atoms with van der Waals surface area (Å²) in [6, 6.07) is 23.8. The predicted molar refractivity (Wildman–Crippen MR) is 142 cm³/mol. The fraction of sp³-hybridized carbons (Fsp3) is 0.290. The molecular formula is C31H33NO4. The molecule has 186 valence electrons. The van der Waals surface area contributed by atoms with E-state index < -0.39 is 17.7 Å². The molecule has 1 aliphatic rings. The second-order valence-corrected chi connectivity index (χ2v) is 10.2. The van der Waals surface area contributed by atoms with Gasteiger partial charge in [-0.3, -0.25) is 9.59 Å². The van der Waals surface area contributed by atoms with E-state index in [4.69, 9.17) is 4.74 Å². The molecule has 1 N–H and O–H groups in total. The van der Waals surface area contributed by atoms with Gasteiger partial charge in [0.15, 0.2) is 0 Å². The number of ketones is 1. The lowest BCUT2D eigenvalue weighted by atomic mass is 9.85. The Bertz CT molecular complexity index is 1250. The van der Waals surface area contributed by atoms with E-state index in [1.165, 1.54) is 0 Å². The van der Waals surface area contributed by atoms with Gasteiger partial charge in [0, 0.05) is 12.1 Å². The molecule has 3 aromatic rings. The number of nitrogens with zero attached hydrogens (tertiary/aromatic N) is 1. The Morgan fingerprint density at radius 3 is 2.14 bits per heavy atom. The van der Waals surface area contributed by atoms with Crippen molar-refractivity contribution >= 4 is 17.4 Å². The molecule has 0 spiro atoms. The number of hydrogen-bond donors (Lipinski definition) is 1. The van der Waals surface area contributed by atoms with Crippen LogP contribution in [0.25, 0.3) is 5.76 Å². The van der Waals surface area contributed by atoms with Crippen LogP contribution in [-0.2, 0) is 21.5 Å². The topological polar surface area (TPSA) is 66.8 Å². The molecule has 1 heterocycles. The molecule has 5 heteroatoms. The van der Waals surface area contributed by atoms with Gasteiger partial charge in [-0.05, 0) is 52.8 Å². The molecule has 5 nitrogen and oxygen atoms in total. The minimum Gasteiger partial charge on any atom is -0.507 e. The molecule has 3 aromatic carbocycles. The number of aliphatic hydroxyl groups is 1. The van der Waals surface area contributed by atoms with E-state index in [0.29, 0.717) is 17.9 Å². The number of amides is 1. The number of ether oxygens (including phenoxy) is 1. The van der Waals surface area contributed by atoms with Gasteiger partial charge in [0.25, 0.3) is 11.7 Å². The van der Waals surface area contributed by atoms with Crippen LogP contribution in [0.15, 0.2) is 84.4 Å². The Morgan fingerprint density at radius 2 is 1.56 bits per heavy atom. The Balaban J connectivity index is 1.79. The van der Waals surface area contributed by atoms with Crippen molar-refractivity contribution in [1.82, 2.24) is 4.90 Å². The predicted octanol–water partition coefficient (Wildman–Crippen LogP) is 6.39. The highest BCUT2D eigenvalue weighted by Gasteiger charge is 2.46. The van der Waals surface area contributed by atoms with Crippen molar-refractivity contribution in [2.75, 3.05) is 6.61 Å². The van der Waals surface area contributed by atoms with Crippen molar-refractivity contribution in [3.05, 3.63) is 107 Å². The van der Waals surface area contributed by atoms with Crippen LogP contribution in [0.5, 0.6) is 5.75 Å². The number of carbonyl (C=O) groups excluding carboxylic acids is 2. The Kier molecular flexibility index (Phi) is 7.30. The van der Waals surface area contributed by atoms with Gasteiger partial charge in [0.2, 0.25) is 0 Å². The maximum absolute atomic E-state index is 13.3. The first-order valence-electron chi connectivity index (χ1n) is 12.4. The summed E-state index contributed by atoms with van der Waals surface area (Å²) >= 11 is 0. The minimum atomic E-state index is -0.699. The molecule has 0 bridgehead atoms. The Morgan fingerprint density at radius 1 is 0.917 bits per heavy atom. The third-order valence-electron chi connectivity index (χ3n) is 6.43. The highest BCUT2D eigenvalue weighted by atomic mass is 16.5. The third-order valence-corrected chi connectivity index (χ3v) is 6.43. The number of hydrogen-bond acceptors (Lipinski definition) is 4. The molecule has 4 rings (SSSR count). The molecule has 0 aliphatic carbocycles. The van der Waals surface area contributed by atoms with Gasteiger partial charge in [-0.1, -0.05) is 82.3 Å². The van der Waals surface area contributed by atoms with Gasteiger partial charge in [0.05, 0.1) is 18.2 Å². The zero-order chi connectivity index (χ0) is 25.9. The molecule has 1 amide bonds. The van der Waals surface area contributed by atoms with E-state index >= 15 is 0 Å². The summed E-state index contributed by atoms with van der Waals surface area (Å²) < 4.78 is 5.64. The van der Waals surface area contributed by atoms with Crippen LogP contribution in [-0.4, -0.2) is 28.3 Å². The fourth-order valence-corrected chi connectivity index (χ4v) is 4.42. The third kappa shape index (κ3) is 5.20. The summed E-state index contributed by atoms with van der Waals surface area (Å²) in [7, 11) is 0. The minimum absolute atomic E-state index is 0.0357. The van der Waals surface area contributed by atoms with E-state index in [1.807, 2.05) is 61.5 Å². The number of benzene rings is 3. The zero-order valence-corrected chi connectivity index (χ0v) is 21.3. The van der Waals surface area contributed by atoms with Crippen LogP contribution < -0.4 is 4.74 Å². The van der Waals surface area contributed by atoms with Gasteiger partial charge in [-0.2, -0.15) is 0 Å². The normalized spacial score (nSPS) is 17.4. The molecule has 1 unspecified atom stereocenters. The molecular weight excluding hydrogens is 450 g/mol. The van der Waals surface area contributed by atoms with E-state index in [0.717, 1.165) is 23.1 Å². The highest BCUT2D eigenvalue weighted by Crippen LogP contribution is 2.41. The van der Waals surface area contributed by atoms with Crippen molar-refractivity contribution in [3.8, 4) is 5.75 Å². The van der Waals surface area contributed by atoms with Crippen molar-refractivity contribution in [1.29, 1.82) is 0 Å². The fourth-order valence-electron chi connectivity index (χ4n) is 4.42. The Hall–Kier alpha value is -3.86. The van der Waals surface area contributed by atoms with Crippen LogP contribution in [0.2, 0.25) is 0 Å². The van der Waals surface area contributed by atoms with Crippen LogP contribution in [0.4, 0.5) is 0 Å². The van der Waals surface area contributed by atoms with Gasteiger partial charge in [0.1, 0.15) is 11.5 Å². The summed E-state index contributed by atoms with van der Waals surface area (Å²) in [6.45, 7) is 9.30. The van der Waals surface area contributed by atoms with Gasteiger partial charge >= 0.3 is 0 Å². The number of carbonyl (C=O) groups is 2. The Labute approximate surface area is 213 Å². The summed E-state index contributed by atoms with van der Waals surface area (Å²) in [5, 5.41) is 11.3. The number of Topliss-reactive ketones (excluding diaryl/α,β-unsaturated/α-hetero) is 1. The van der Waals surface area contributed by atoms with Crippen molar-refractivity contribution < 1.29 is 19.4 Å². The van der Waals surface area contributed by atoms with Crippen LogP contribution >= 0.6 is 0 Å². The number of aliphatic hydroxyl groups excluding tert-OH is 1. The van der Waals surface area contributed by atoms with E-state index in [2.05, 4.69) is 20.8 Å². The molecule has 1 saturated heterocycles. The maximum Gasteiger partial charge on any atom is 0.295 e. The largest absolute Gasteiger partial charge is 0.507 e. The summed E-state index contributed by atoms with van der Waals surface area (Å²) in [4.78, 5) is 28.1. The first-order chi connectivity index (χ1) is 17.2. The van der Waals surface area contributed by atoms with Crippen LogP contribution in [0, 0.1) is 0 Å². The van der Waals surface area contributed by atoms with E-state index in [-0.39, 0.29) is 23.3 Å². The molecule has 36 heavy (non-hydrogen) atoms. The molecule has 1 atom stereocenters. The lowest BCUT2D eigenvalue weighted by molar-refractivity contribution is -0.140. The molecule has 0 saturated carbocycles. The molecule has 1 fully saturated rings. The number of rotatable bonds is 7. The zero-order valence-electron chi connectivity index (χ0n) is 21.3. The second kappa shape index (κ2) is 10.4. The smallest absolute Gasteiger partial charge is 0.295 e. The van der Waals surface area contributed by atoms with Crippen LogP contribution in [0.1, 0.15) is 62.4 Å². The van der Waals surface area contributed by atoms with E-state index in [1.54, 1.807) is 29.2 Å². The van der Waals surface area contributed by atoms with E-state index in [9.17, 15) is 14.7 Å². The molecule has 0 radical (unpaired) electrons. The van der Waals surface area contributed by atoms with Gasteiger partial charge < -0.3 is 14.7 Å². The first kappa shape index (κ1) is 25.2. The number of likely N-dealkylation sites (tertiary alicyclic amines) is 1.